The van der Waals surface area contributed by atoms with Gasteiger partial charge in [0.1, 0.15) is 18.3 Å². The predicted molar refractivity (Wildman–Crippen MR) is 133 cm³/mol. The van der Waals surface area contributed by atoms with Crippen LogP contribution < -0.4 is 0 Å². The molecule has 0 unspecified atom stereocenters. The van der Waals surface area contributed by atoms with E-state index in [9.17, 15) is 9.90 Å². The highest BCUT2D eigenvalue weighted by Crippen LogP contribution is 2.29. The first-order valence-corrected chi connectivity index (χ1v) is 12.0. The lowest BCUT2D eigenvalue weighted by Gasteiger charge is -2.43. The van der Waals surface area contributed by atoms with Crippen molar-refractivity contribution >= 4 is 5.97 Å². The zero-order valence-electron chi connectivity index (χ0n) is 20.3. The van der Waals surface area contributed by atoms with Crippen LogP contribution in [0, 0.1) is 0 Å². The van der Waals surface area contributed by atoms with Gasteiger partial charge in [-0.2, -0.15) is 0 Å². The SMILES string of the molecule is CC(=O)O[C@H]1[C@@H](O)[C@@H](COCc2ccccc2)O[C@@H](OCc2ccccc2)[C@@H]1OCc1ccccc1. The Morgan fingerprint density at radius 2 is 1.25 bits per heavy atom. The van der Waals surface area contributed by atoms with Crippen LogP contribution in [0.15, 0.2) is 91.0 Å². The highest BCUT2D eigenvalue weighted by molar-refractivity contribution is 5.66. The van der Waals surface area contributed by atoms with Crippen molar-refractivity contribution in [3.8, 4) is 0 Å². The normalized spacial score (nSPS) is 23.8. The number of carbonyl (C=O) groups excluding carboxylic acids is 1. The summed E-state index contributed by atoms with van der Waals surface area (Å²) in [6.07, 6.45) is -4.69. The Morgan fingerprint density at radius 3 is 1.78 bits per heavy atom. The van der Waals surface area contributed by atoms with Gasteiger partial charge in [-0.25, -0.2) is 0 Å². The van der Waals surface area contributed by atoms with E-state index in [0.29, 0.717) is 6.61 Å². The molecule has 0 amide bonds. The Kier molecular flexibility index (Phi) is 9.61. The fourth-order valence-electron chi connectivity index (χ4n) is 4.05. The predicted octanol–water partition coefficient (Wildman–Crippen LogP) is 4.02. The number of aliphatic hydroxyl groups excluding tert-OH is 1. The zero-order chi connectivity index (χ0) is 25.2. The van der Waals surface area contributed by atoms with Crippen molar-refractivity contribution < 1.29 is 33.6 Å². The molecular formula is C29H32O7. The first-order valence-electron chi connectivity index (χ1n) is 12.0. The van der Waals surface area contributed by atoms with Crippen LogP contribution in [0.4, 0.5) is 0 Å². The van der Waals surface area contributed by atoms with Gasteiger partial charge in [0, 0.05) is 6.92 Å². The summed E-state index contributed by atoms with van der Waals surface area (Å²) in [5, 5.41) is 11.1. The maximum atomic E-state index is 12.0. The van der Waals surface area contributed by atoms with Gasteiger partial charge in [0.05, 0.1) is 26.4 Å². The zero-order valence-corrected chi connectivity index (χ0v) is 20.3. The maximum absolute atomic E-state index is 12.0. The van der Waals surface area contributed by atoms with E-state index in [1.807, 2.05) is 91.0 Å². The summed E-state index contributed by atoms with van der Waals surface area (Å²) in [6.45, 7) is 2.24. The van der Waals surface area contributed by atoms with Crippen LogP contribution >= 0.6 is 0 Å². The summed E-state index contributed by atoms with van der Waals surface area (Å²) in [6, 6.07) is 29.0. The molecule has 36 heavy (non-hydrogen) atoms. The first-order chi connectivity index (χ1) is 17.6. The second kappa shape index (κ2) is 13.3. The minimum absolute atomic E-state index is 0.0877. The number of hydrogen-bond donors (Lipinski definition) is 1. The monoisotopic (exact) mass is 492 g/mol. The largest absolute Gasteiger partial charge is 0.457 e. The Labute approximate surface area is 211 Å². The third-order valence-corrected chi connectivity index (χ3v) is 5.86. The van der Waals surface area contributed by atoms with Gasteiger partial charge < -0.3 is 28.8 Å². The molecule has 3 aromatic carbocycles. The fourth-order valence-corrected chi connectivity index (χ4v) is 4.05. The van der Waals surface area contributed by atoms with E-state index in [4.69, 9.17) is 23.7 Å². The minimum Gasteiger partial charge on any atom is -0.457 e. The average molecular weight is 493 g/mol. The van der Waals surface area contributed by atoms with Crippen molar-refractivity contribution in [1.82, 2.24) is 0 Å². The molecule has 4 rings (SSSR count). The van der Waals surface area contributed by atoms with Gasteiger partial charge in [-0.1, -0.05) is 91.0 Å². The summed E-state index contributed by atoms with van der Waals surface area (Å²) in [7, 11) is 0. The van der Waals surface area contributed by atoms with Gasteiger partial charge in [-0.3, -0.25) is 4.79 Å². The molecule has 1 aliphatic heterocycles. The Bertz CT molecular complexity index is 1040. The van der Waals surface area contributed by atoms with Crippen LogP contribution in [-0.2, 0) is 48.3 Å². The number of ether oxygens (including phenoxy) is 5. The van der Waals surface area contributed by atoms with E-state index < -0.39 is 36.7 Å². The fraction of sp³-hybridized carbons (Fsp3) is 0.345. The minimum atomic E-state index is -1.16. The Balaban J connectivity index is 1.49. The lowest BCUT2D eigenvalue weighted by molar-refractivity contribution is -0.318. The number of esters is 1. The van der Waals surface area contributed by atoms with Crippen molar-refractivity contribution in [1.29, 1.82) is 0 Å². The van der Waals surface area contributed by atoms with Gasteiger partial charge in [0.2, 0.25) is 0 Å². The molecule has 1 aliphatic rings. The quantitative estimate of drug-likeness (QED) is 0.405. The van der Waals surface area contributed by atoms with E-state index in [2.05, 4.69) is 0 Å². The molecule has 1 saturated heterocycles. The van der Waals surface area contributed by atoms with Crippen molar-refractivity contribution in [3.05, 3.63) is 108 Å². The molecule has 0 aliphatic carbocycles. The summed E-state index contributed by atoms with van der Waals surface area (Å²) >= 11 is 0. The van der Waals surface area contributed by atoms with Crippen LogP contribution in [0.5, 0.6) is 0 Å². The van der Waals surface area contributed by atoms with Crippen LogP contribution in [-0.4, -0.2) is 48.4 Å². The number of carbonyl (C=O) groups is 1. The lowest BCUT2D eigenvalue weighted by atomic mass is 9.98. The topological polar surface area (TPSA) is 83.5 Å². The molecule has 1 heterocycles. The van der Waals surface area contributed by atoms with E-state index in [1.54, 1.807) is 0 Å². The van der Waals surface area contributed by atoms with Crippen LogP contribution in [0.2, 0.25) is 0 Å². The standard InChI is InChI=1S/C29H32O7/c1-21(30)35-27-26(31)25(20-32-17-22-11-5-2-6-12-22)36-29(34-19-24-15-9-4-10-16-24)28(27)33-18-23-13-7-3-8-14-23/h2-16,25-29,31H,17-20H2,1H3/t25-,26+,27+,28-,29-/m1/s1. The van der Waals surface area contributed by atoms with Gasteiger partial charge in [-0.05, 0) is 16.7 Å². The lowest BCUT2D eigenvalue weighted by Crippen LogP contribution is -2.61. The smallest absolute Gasteiger partial charge is 0.303 e. The molecule has 5 atom stereocenters. The van der Waals surface area contributed by atoms with Gasteiger partial charge >= 0.3 is 5.97 Å². The van der Waals surface area contributed by atoms with E-state index in [0.717, 1.165) is 16.7 Å². The highest BCUT2D eigenvalue weighted by Gasteiger charge is 2.48. The maximum Gasteiger partial charge on any atom is 0.303 e. The Morgan fingerprint density at radius 1 is 0.750 bits per heavy atom. The number of aliphatic hydroxyl groups is 1. The summed E-state index contributed by atoms with van der Waals surface area (Å²) in [5.74, 6) is -0.528. The third-order valence-electron chi connectivity index (χ3n) is 5.86. The highest BCUT2D eigenvalue weighted by atomic mass is 16.7. The molecule has 0 bridgehead atoms. The molecule has 0 radical (unpaired) electrons. The molecule has 1 N–H and O–H groups in total. The molecule has 0 saturated carbocycles. The molecule has 7 nitrogen and oxygen atoms in total. The van der Waals surface area contributed by atoms with Gasteiger partial charge in [0.15, 0.2) is 12.4 Å². The van der Waals surface area contributed by atoms with E-state index in [-0.39, 0.29) is 19.8 Å². The molecule has 0 aromatic heterocycles. The molecular weight excluding hydrogens is 460 g/mol. The van der Waals surface area contributed by atoms with Crippen LogP contribution in [0.3, 0.4) is 0 Å². The molecule has 1 fully saturated rings. The molecule has 3 aromatic rings. The second-order valence-electron chi connectivity index (χ2n) is 8.67. The summed E-state index contributed by atoms with van der Waals surface area (Å²) in [4.78, 5) is 12.0. The van der Waals surface area contributed by atoms with E-state index >= 15 is 0 Å². The van der Waals surface area contributed by atoms with Crippen molar-refractivity contribution in [3.63, 3.8) is 0 Å². The van der Waals surface area contributed by atoms with E-state index in [1.165, 1.54) is 6.92 Å². The van der Waals surface area contributed by atoms with Crippen LogP contribution in [0.25, 0.3) is 0 Å². The number of benzene rings is 3. The van der Waals surface area contributed by atoms with Gasteiger partial charge in [0.25, 0.3) is 0 Å². The molecule has 0 spiro atoms. The van der Waals surface area contributed by atoms with Crippen molar-refractivity contribution in [2.45, 2.75) is 57.5 Å². The third kappa shape index (κ3) is 7.46. The average Bonchev–Trinajstić information content (AvgIpc) is 2.90. The number of hydrogen-bond acceptors (Lipinski definition) is 7. The van der Waals surface area contributed by atoms with Crippen LogP contribution in [0.1, 0.15) is 23.6 Å². The summed E-state index contributed by atoms with van der Waals surface area (Å²) in [5.41, 5.74) is 2.89. The van der Waals surface area contributed by atoms with Gasteiger partial charge in [-0.15, -0.1) is 0 Å². The first kappa shape index (κ1) is 26.0. The molecule has 190 valence electrons. The number of rotatable bonds is 11. The Hall–Kier alpha value is -3.07. The van der Waals surface area contributed by atoms with Crippen molar-refractivity contribution in [2.75, 3.05) is 6.61 Å². The second-order valence-corrected chi connectivity index (χ2v) is 8.67. The summed E-state index contributed by atoms with van der Waals surface area (Å²) < 4.78 is 29.8. The van der Waals surface area contributed by atoms with Crippen molar-refractivity contribution in [2.24, 2.45) is 0 Å². The molecule has 7 heteroatoms.